The van der Waals surface area contributed by atoms with E-state index < -0.39 is 0 Å². The van der Waals surface area contributed by atoms with E-state index >= 15 is 0 Å². The van der Waals surface area contributed by atoms with Crippen LogP contribution in [0.3, 0.4) is 0 Å². The summed E-state index contributed by atoms with van der Waals surface area (Å²) in [7, 11) is 14.6. The zero-order chi connectivity index (χ0) is 29.7. The zero-order valence-corrected chi connectivity index (χ0v) is 27.8. The van der Waals surface area contributed by atoms with E-state index in [1.165, 1.54) is 103 Å². The monoisotopic (exact) mass is 607 g/mol. The molecular formula is C36H62N8-2. The molecule has 0 aromatic rings. The first-order chi connectivity index (χ1) is 21.5. The fourth-order valence-electron chi connectivity index (χ4n) is 13.3. The van der Waals surface area contributed by atoms with Crippen molar-refractivity contribution in [1.29, 1.82) is 0 Å². The largest absolute Gasteiger partial charge is 0.430 e. The molecule has 9 fully saturated rings. The van der Waals surface area contributed by atoms with Crippen molar-refractivity contribution in [3.8, 4) is 0 Å². The van der Waals surface area contributed by atoms with E-state index in [9.17, 15) is 0 Å². The van der Waals surface area contributed by atoms with Crippen LogP contribution in [0, 0.1) is 61.4 Å². The van der Waals surface area contributed by atoms with E-state index in [4.69, 9.17) is 14.1 Å². The number of hydrogen-bond acceptors (Lipinski definition) is 8. The molecule has 44 heavy (non-hydrogen) atoms. The lowest BCUT2D eigenvalue weighted by atomic mass is 9.76. The second-order valence-corrected chi connectivity index (χ2v) is 17.0. The van der Waals surface area contributed by atoms with Gasteiger partial charge in [0.2, 0.25) is 0 Å². The summed E-state index contributed by atoms with van der Waals surface area (Å²) < 4.78 is 0. The summed E-state index contributed by atoms with van der Waals surface area (Å²) in [5.74, 6) is 5.61. The summed E-state index contributed by atoms with van der Waals surface area (Å²) >= 11 is 0. The quantitative estimate of drug-likeness (QED) is 0.305. The van der Waals surface area contributed by atoms with Crippen molar-refractivity contribution >= 4 is 0 Å². The van der Waals surface area contributed by atoms with Gasteiger partial charge in [-0.25, -0.2) is 0 Å². The summed E-state index contributed by atoms with van der Waals surface area (Å²) in [6, 6.07) is 0. The number of rotatable bonds is 0. The Morgan fingerprint density at radius 2 is 0.523 bits per heavy atom. The normalized spacial score (nSPS) is 55.4. The predicted molar refractivity (Wildman–Crippen MR) is 175 cm³/mol. The maximum atomic E-state index is 4.89. The Labute approximate surface area is 268 Å². The molecule has 16 atom stereocenters. The smallest absolute Gasteiger partial charge is 0.0651 e. The van der Waals surface area contributed by atoms with Crippen LogP contribution in [-0.2, 0) is 0 Å². The predicted octanol–water partition coefficient (Wildman–Crippen LogP) is 4.30. The molecule has 0 spiro atoms. The van der Waals surface area contributed by atoms with Crippen molar-refractivity contribution in [2.75, 3.05) is 14.1 Å². The molecule has 0 aromatic heterocycles. The van der Waals surface area contributed by atoms with Crippen LogP contribution in [0.15, 0.2) is 0 Å². The molecule has 248 valence electrons. The SMILES string of the molecule is [CH2-]N1C2NC3C4CCCCC4C(NC4C5CCCCC5C(NC5C6CCCCC6C(NC1C1CCCCC12)N5C)N4[CH2-])N3C. The van der Waals surface area contributed by atoms with Gasteiger partial charge in [0.1, 0.15) is 0 Å². The first-order valence-corrected chi connectivity index (χ1v) is 19.2. The van der Waals surface area contributed by atoms with Crippen molar-refractivity contribution in [3.05, 3.63) is 14.1 Å². The van der Waals surface area contributed by atoms with Crippen molar-refractivity contribution in [2.45, 2.75) is 152 Å². The minimum Gasteiger partial charge on any atom is -0.430 e. The Balaban J connectivity index is 1.12. The molecule has 0 aromatic carbocycles. The van der Waals surface area contributed by atoms with Gasteiger partial charge in [0.05, 0.1) is 24.7 Å². The van der Waals surface area contributed by atoms with E-state index in [0.717, 1.165) is 0 Å². The molecule has 8 nitrogen and oxygen atoms in total. The first-order valence-electron chi connectivity index (χ1n) is 19.2. The summed E-state index contributed by atoms with van der Waals surface area (Å²) in [4.78, 5) is 10.6. The van der Waals surface area contributed by atoms with E-state index in [2.05, 4.69) is 55.0 Å². The van der Waals surface area contributed by atoms with Gasteiger partial charge >= 0.3 is 0 Å². The molecule has 0 radical (unpaired) electrons. The highest BCUT2D eigenvalue weighted by atomic mass is 15.5. The van der Waals surface area contributed by atoms with Gasteiger partial charge in [-0.15, -0.1) is 0 Å². The maximum absolute atomic E-state index is 4.89. The van der Waals surface area contributed by atoms with Crippen molar-refractivity contribution in [2.24, 2.45) is 47.3 Å². The Morgan fingerprint density at radius 3 is 0.727 bits per heavy atom. The third-order valence-electron chi connectivity index (χ3n) is 15.3. The van der Waals surface area contributed by atoms with Gasteiger partial charge in [0.15, 0.2) is 0 Å². The van der Waals surface area contributed by atoms with Gasteiger partial charge in [0.25, 0.3) is 0 Å². The van der Waals surface area contributed by atoms with Crippen LogP contribution in [-0.4, -0.2) is 83.0 Å². The number of fused-ring (bicyclic) bond motifs is 20. The van der Waals surface area contributed by atoms with Crippen molar-refractivity contribution < 1.29 is 0 Å². The molecule has 4 saturated carbocycles. The summed E-state index contributed by atoms with van der Waals surface area (Å²) in [5.41, 5.74) is 0. The molecule has 16 unspecified atom stereocenters. The second kappa shape index (κ2) is 11.7. The Kier molecular flexibility index (Phi) is 7.91. The highest BCUT2D eigenvalue weighted by molar-refractivity contribution is 5.10. The first kappa shape index (κ1) is 29.8. The molecule has 5 heterocycles. The lowest BCUT2D eigenvalue weighted by Gasteiger charge is -2.44. The van der Waals surface area contributed by atoms with Crippen molar-refractivity contribution in [1.82, 2.24) is 40.9 Å². The van der Waals surface area contributed by atoms with Gasteiger partial charge in [-0.3, -0.25) is 45.2 Å². The molecule has 4 N–H and O–H groups in total. The van der Waals surface area contributed by atoms with Crippen LogP contribution in [0.2, 0.25) is 0 Å². The maximum Gasteiger partial charge on any atom is 0.0651 e. The number of hydrogen-bond donors (Lipinski definition) is 4. The second-order valence-electron chi connectivity index (χ2n) is 17.0. The van der Waals surface area contributed by atoms with Crippen LogP contribution >= 0.6 is 0 Å². The van der Waals surface area contributed by atoms with Gasteiger partial charge in [-0.05, 0) is 113 Å². The van der Waals surface area contributed by atoms with E-state index in [0.29, 0.717) is 96.7 Å². The molecule has 4 aliphatic carbocycles. The molecule has 5 aliphatic heterocycles. The Morgan fingerprint density at radius 1 is 0.341 bits per heavy atom. The molecule has 0 amide bonds. The van der Waals surface area contributed by atoms with E-state index in [1.54, 1.807) is 0 Å². The van der Waals surface area contributed by atoms with Gasteiger partial charge < -0.3 is 9.80 Å². The van der Waals surface area contributed by atoms with E-state index in [-0.39, 0.29) is 0 Å². The Hall–Kier alpha value is -0.320. The number of nitrogens with one attached hydrogen (secondary N) is 4. The van der Waals surface area contributed by atoms with Crippen molar-refractivity contribution in [3.63, 3.8) is 0 Å². The van der Waals surface area contributed by atoms with Crippen LogP contribution in [0.1, 0.15) is 103 Å². The van der Waals surface area contributed by atoms with Crippen LogP contribution in [0.25, 0.3) is 0 Å². The van der Waals surface area contributed by atoms with Gasteiger partial charge in [-0.2, -0.15) is 0 Å². The summed E-state index contributed by atoms with van der Waals surface area (Å²) in [6.45, 7) is 0. The van der Waals surface area contributed by atoms with Gasteiger partial charge in [-0.1, -0.05) is 51.4 Å². The summed E-state index contributed by atoms with van der Waals surface area (Å²) in [6.07, 6.45) is 24.9. The summed E-state index contributed by atoms with van der Waals surface area (Å²) in [5, 5.41) is 17.6. The number of nitrogens with zero attached hydrogens (tertiary/aromatic N) is 4. The van der Waals surface area contributed by atoms with E-state index in [1.807, 2.05) is 0 Å². The Bertz CT molecular complexity index is 810. The average Bonchev–Trinajstić information content (AvgIpc) is 3.67. The highest BCUT2D eigenvalue weighted by Crippen LogP contribution is 2.50. The molecule has 8 bridgehead atoms. The zero-order valence-electron chi connectivity index (χ0n) is 27.8. The highest BCUT2D eigenvalue weighted by Gasteiger charge is 2.57. The lowest BCUT2D eigenvalue weighted by Crippen LogP contribution is -2.61. The molecular weight excluding hydrogens is 544 g/mol. The molecule has 9 aliphatic rings. The van der Waals surface area contributed by atoms with Gasteiger partial charge in [0, 0.05) is 24.7 Å². The molecule has 9 rings (SSSR count). The lowest BCUT2D eigenvalue weighted by molar-refractivity contribution is 0.0564. The minimum absolute atomic E-state index is 0.352. The van der Waals surface area contributed by atoms with Crippen LogP contribution in [0.4, 0.5) is 0 Å². The third kappa shape index (κ3) is 4.51. The molecule has 8 heteroatoms. The standard InChI is InChI=1S/C36H62N8/c1-41-29-21-13-5-6-14-22(21)30(41)38-32-24-16-8-10-18-26(24)34(43(32)3)40-36-28-20-12-11-19-27(28)35(44(36)4)39-33-25-17-9-7-15-23(25)31(37-29)42(33)2/h21-40H,1,4-20H2,2-3H3/q-2. The minimum atomic E-state index is 0.352. The van der Waals surface area contributed by atoms with Crippen LogP contribution < -0.4 is 21.3 Å². The van der Waals surface area contributed by atoms with Crippen LogP contribution in [0.5, 0.6) is 0 Å². The third-order valence-corrected chi connectivity index (χ3v) is 15.3. The molecule has 5 saturated heterocycles. The fourth-order valence-corrected chi connectivity index (χ4v) is 13.3. The topological polar surface area (TPSA) is 61.1 Å². The average molecular weight is 607 g/mol. The fraction of sp³-hybridized carbons (Fsp3) is 0.944.